The van der Waals surface area contributed by atoms with E-state index in [9.17, 15) is 14.5 Å². The monoisotopic (exact) mass is 286 g/mol. The van der Waals surface area contributed by atoms with Gasteiger partial charge >= 0.3 is 0 Å². The Bertz CT molecular complexity index is 738. The van der Waals surface area contributed by atoms with Gasteiger partial charge in [0.2, 0.25) is 0 Å². The van der Waals surface area contributed by atoms with Crippen molar-refractivity contribution in [1.29, 1.82) is 5.26 Å². The Hall–Kier alpha value is -2.94. The van der Waals surface area contributed by atoms with Crippen LogP contribution in [0.5, 0.6) is 5.75 Å². The lowest BCUT2D eigenvalue weighted by Gasteiger charge is -2.09. The largest absolute Gasteiger partial charge is 0.488 e. The quantitative estimate of drug-likeness (QED) is 0.636. The van der Waals surface area contributed by atoms with Crippen molar-refractivity contribution in [3.63, 3.8) is 0 Å². The van der Waals surface area contributed by atoms with Gasteiger partial charge in [0, 0.05) is 6.07 Å². The number of benzene rings is 2. The fourth-order valence-corrected chi connectivity index (χ4v) is 1.87. The summed E-state index contributed by atoms with van der Waals surface area (Å²) in [6.45, 7) is 1.69. The summed E-state index contributed by atoms with van der Waals surface area (Å²) in [6.07, 6.45) is 0. The van der Waals surface area contributed by atoms with Gasteiger partial charge in [-0.2, -0.15) is 5.26 Å². The summed E-state index contributed by atoms with van der Waals surface area (Å²) in [4.78, 5) is 10.4. The van der Waals surface area contributed by atoms with E-state index in [1.54, 1.807) is 19.1 Å². The Kier molecular flexibility index (Phi) is 4.14. The zero-order valence-corrected chi connectivity index (χ0v) is 11.2. The second-order valence-corrected chi connectivity index (χ2v) is 4.37. The molecule has 21 heavy (non-hydrogen) atoms. The molecule has 0 heterocycles. The first-order valence-electron chi connectivity index (χ1n) is 6.08. The average molecular weight is 286 g/mol. The summed E-state index contributed by atoms with van der Waals surface area (Å²) in [7, 11) is 0. The van der Waals surface area contributed by atoms with Crippen LogP contribution in [0.3, 0.4) is 0 Å². The minimum Gasteiger partial charge on any atom is -0.488 e. The van der Waals surface area contributed by atoms with Crippen molar-refractivity contribution >= 4 is 5.69 Å². The topological polar surface area (TPSA) is 76.2 Å². The summed E-state index contributed by atoms with van der Waals surface area (Å²) in [5.74, 6) is -0.209. The molecule has 0 aliphatic carbocycles. The first-order chi connectivity index (χ1) is 10.0. The van der Waals surface area contributed by atoms with Gasteiger partial charge in [-0.05, 0) is 30.7 Å². The average Bonchev–Trinajstić information content (AvgIpc) is 2.47. The summed E-state index contributed by atoms with van der Waals surface area (Å²) >= 11 is 0. The van der Waals surface area contributed by atoms with Crippen LogP contribution in [0.4, 0.5) is 10.1 Å². The van der Waals surface area contributed by atoms with Crippen LogP contribution in [0.2, 0.25) is 0 Å². The molecule has 2 rings (SSSR count). The fourth-order valence-electron chi connectivity index (χ4n) is 1.87. The van der Waals surface area contributed by atoms with Gasteiger partial charge in [0.1, 0.15) is 24.2 Å². The second kappa shape index (κ2) is 6.01. The SMILES string of the molecule is Cc1c(OCc2ccc(F)c(C#N)c2)cccc1[N+](=O)[O-]. The van der Waals surface area contributed by atoms with Crippen molar-refractivity contribution in [2.45, 2.75) is 13.5 Å². The van der Waals surface area contributed by atoms with Crippen LogP contribution in [-0.4, -0.2) is 4.92 Å². The van der Waals surface area contributed by atoms with Crippen molar-refractivity contribution in [2.24, 2.45) is 0 Å². The van der Waals surface area contributed by atoms with E-state index < -0.39 is 10.7 Å². The van der Waals surface area contributed by atoms with Crippen molar-refractivity contribution in [2.75, 3.05) is 0 Å². The molecule has 0 unspecified atom stereocenters. The normalized spacial score (nSPS) is 9.95. The smallest absolute Gasteiger partial charge is 0.276 e. The predicted octanol–water partition coefficient (Wildman–Crippen LogP) is 3.49. The highest BCUT2D eigenvalue weighted by Gasteiger charge is 2.14. The molecule has 0 N–H and O–H groups in total. The number of nitrogens with zero attached hydrogens (tertiary/aromatic N) is 2. The van der Waals surface area contributed by atoms with Gasteiger partial charge in [-0.25, -0.2) is 4.39 Å². The zero-order chi connectivity index (χ0) is 15.4. The van der Waals surface area contributed by atoms with Crippen molar-refractivity contribution in [1.82, 2.24) is 0 Å². The van der Waals surface area contributed by atoms with Crippen LogP contribution >= 0.6 is 0 Å². The van der Waals surface area contributed by atoms with E-state index in [4.69, 9.17) is 10.00 Å². The van der Waals surface area contributed by atoms with Crippen LogP contribution in [0.25, 0.3) is 0 Å². The van der Waals surface area contributed by atoms with Crippen LogP contribution in [0.15, 0.2) is 36.4 Å². The van der Waals surface area contributed by atoms with E-state index in [-0.39, 0.29) is 17.9 Å². The minimum absolute atomic E-state index is 0.0238. The molecule has 0 saturated carbocycles. The molecular formula is C15H11FN2O3. The summed E-state index contributed by atoms with van der Waals surface area (Å²) in [5, 5.41) is 19.6. The van der Waals surface area contributed by atoms with Gasteiger partial charge in [-0.3, -0.25) is 10.1 Å². The standard InChI is InChI=1S/C15H11FN2O3/c1-10-14(18(19)20)3-2-4-15(10)21-9-11-5-6-13(16)12(7-11)8-17/h2-7H,9H2,1H3. The Morgan fingerprint density at radius 3 is 2.81 bits per heavy atom. The first-order valence-corrected chi connectivity index (χ1v) is 6.08. The van der Waals surface area contributed by atoms with Crippen molar-refractivity contribution < 1.29 is 14.1 Å². The number of rotatable bonds is 4. The Labute approximate surface area is 120 Å². The molecule has 5 nitrogen and oxygen atoms in total. The molecule has 2 aromatic rings. The lowest BCUT2D eigenvalue weighted by atomic mass is 10.1. The van der Waals surface area contributed by atoms with Gasteiger partial charge < -0.3 is 4.74 Å². The minimum atomic E-state index is -0.590. The molecule has 2 aromatic carbocycles. The molecule has 106 valence electrons. The molecule has 6 heteroatoms. The second-order valence-electron chi connectivity index (χ2n) is 4.37. The molecule has 0 bridgehead atoms. The van der Waals surface area contributed by atoms with E-state index in [2.05, 4.69) is 0 Å². The van der Waals surface area contributed by atoms with Gasteiger partial charge in [0.25, 0.3) is 5.69 Å². The van der Waals surface area contributed by atoms with Crippen molar-refractivity contribution in [3.05, 3.63) is 69.0 Å². The molecule has 0 spiro atoms. The third kappa shape index (κ3) is 3.15. The number of ether oxygens (including phenoxy) is 1. The summed E-state index contributed by atoms with van der Waals surface area (Å²) in [5.41, 5.74) is 0.945. The Morgan fingerprint density at radius 2 is 2.14 bits per heavy atom. The highest BCUT2D eigenvalue weighted by molar-refractivity contribution is 5.48. The zero-order valence-electron chi connectivity index (χ0n) is 11.2. The molecule has 0 aromatic heterocycles. The lowest BCUT2D eigenvalue weighted by Crippen LogP contribution is -2.00. The number of hydrogen-bond donors (Lipinski definition) is 0. The number of hydrogen-bond acceptors (Lipinski definition) is 4. The van der Waals surface area contributed by atoms with E-state index >= 15 is 0 Å². The number of nitro groups is 1. The highest BCUT2D eigenvalue weighted by Crippen LogP contribution is 2.27. The highest BCUT2D eigenvalue weighted by atomic mass is 19.1. The Balaban J connectivity index is 2.19. The molecule has 0 radical (unpaired) electrons. The molecule has 0 aliphatic rings. The van der Waals surface area contributed by atoms with E-state index in [1.807, 2.05) is 0 Å². The molecule has 0 fully saturated rings. The summed E-state index contributed by atoms with van der Waals surface area (Å²) < 4.78 is 18.7. The molecular weight excluding hydrogens is 275 g/mol. The van der Waals surface area contributed by atoms with Gasteiger partial charge in [-0.15, -0.1) is 0 Å². The number of halogens is 1. The summed E-state index contributed by atoms with van der Waals surface area (Å²) in [6, 6.07) is 10.4. The van der Waals surface area contributed by atoms with Gasteiger partial charge in [0.05, 0.1) is 16.1 Å². The lowest BCUT2D eigenvalue weighted by molar-refractivity contribution is -0.385. The Morgan fingerprint density at radius 1 is 1.38 bits per heavy atom. The van der Waals surface area contributed by atoms with Gasteiger partial charge in [-0.1, -0.05) is 12.1 Å². The molecule has 0 amide bonds. The predicted molar refractivity (Wildman–Crippen MR) is 73.3 cm³/mol. The van der Waals surface area contributed by atoms with Crippen LogP contribution in [0.1, 0.15) is 16.7 Å². The van der Waals surface area contributed by atoms with E-state index in [0.717, 1.165) is 0 Å². The van der Waals surface area contributed by atoms with Crippen LogP contribution in [-0.2, 0) is 6.61 Å². The van der Waals surface area contributed by atoms with Crippen molar-refractivity contribution in [3.8, 4) is 11.8 Å². The maximum absolute atomic E-state index is 13.2. The van der Waals surface area contributed by atoms with Gasteiger partial charge in [0.15, 0.2) is 0 Å². The number of nitro benzene ring substituents is 1. The van der Waals surface area contributed by atoms with Crippen LogP contribution in [0, 0.1) is 34.2 Å². The van der Waals surface area contributed by atoms with Crippen LogP contribution < -0.4 is 4.74 Å². The maximum atomic E-state index is 13.2. The fraction of sp³-hybridized carbons (Fsp3) is 0.133. The molecule has 0 aliphatic heterocycles. The third-order valence-corrected chi connectivity index (χ3v) is 3.00. The molecule has 0 saturated heterocycles. The maximum Gasteiger partial charge on any atom is 0.276 e. The van der Waals surface area contributed by atoms with E-state index in [1.165, 1.54) is 30.3 Å². The molecule has 0 atom stereocenters. The number of nitriles is 1. The first kappa shape index (κ1) is 14.5. The van der Waals surface area contributed by atoms with E-state index in [0.29, 0.717) is 16.9 Å². The third-order valence-electron chi connectivity index (χ3n) is 3.00.